The molecule has 0 radical (unpaired) electrons. The second-order valence-electron chi connectivity index (χ2n) is 6.68. The van der Waals surface area contributed by atoms with Crippen LogP contribution >= 0.6 is 0 Å². The first-order valence-corrected chi connectivity index (χ1v) is 9.32. The van der Waals surface area contributed by atoms with E-state index in [2.05, 4.69) is 10.3 Å². The zero-order valence-electron chi connectivity index (χ0n) is 15.3. The molecule has 1 fully saturated rings. The molecule has 1 aliphatic heterocycles. The summed E-state index contributed by atoms with van der Waals surface area (Å²) in [6.07, 6.45) is 3.34. The molecule has 1 atom stereocenters. The van der Waals surface area contributed by atoms with Crippen LogP contribution in [0.25, 0.3) is 10.9 Å². The second kappa shape index (κ2) is 7.72. The maximum atomic E-state index is 13.2. The van der Waals surface area contributed by atoms with Crippen LogP contribution < -0.4 is 10.2 Å². The molecule has 138 valence electrons. The fourth-order valence-electron chi connectivity index (χ4n) is 3.45. The van der Waals surface area contributed by atoms with Crippen LogP contribution in [0.3, 0.4) is 0 Å². The van der Waals surface area contributed by atoms with Gasteiger partial charge in [0.05, 0.1) is 5.69 Å². The summed E-state index contributed by atoms with van der Waals surface area (Å²) in [5, 5.41) is 3.55. The number of nitrogens with zero attached hydrogens (tertiary/aromatic N) is 1. The van der Waals surface area contributed by atoms with Gasteiger partial charge in [-0.1, -0.05) is 38.5 Å². The summed E-state index contributed by atoms with van der Waals surface area (Å²) in [6, 6.07) is 7.04. The number of fused-ring (bicyclic) bond motifs is 1. The van der Waals surface area contributed by atoms with E-state index >= 15 is 0 Å². The number of imide groups is 1. The predicted octanol–water partition coefficient (Wildman–Crippen LogP) is 3.06. The predicted molar refractivity (Wildman–Crippen MR) is 101 cm³/mol. The summed E-state index contributed by atoms with van der Waals surface area (Å²) < 4.78 is 0. The third-order valence-electron chi connectivity index (χ3n) is 4.84. The van der Waals surface area contributed by atoms with Gasteiger partial charge in [-0.2, -0.15) is 0 Å². The number of aromatic amines is 1. The average Bonchev–Trinajstić information content (AvgIpc) is 3.24. The first kappa shape index (κ1) is 18.2. The number of hydrogen-bond donors (Lipinski definition) is 2. The van der Waals surface area contributed by atoms with Crippen LogP contribution in [0, 0.1) is 0 Å². The van der Waals surface area contributed by atoms with Crippen LogP contribution in [-0.2, 0) is 20.8 Å². The average molecular weight is 355 g/mol. The lowest BCUT2D eigenvalue weighted by Crippen LogP contribution is -2.47. The first-order chi connectivity index (χ1) is 12.6. The highest BCUT2D eigenvalue weighted by atomic mass is 16.2. The molecular weight excluding hydrogens is 330 g/mol. The zero-order chi connectivity index (χ0) is 18.7. The van der Waals surface area contributed by atoms with Crippen molar-refractivity contribution < 1.29 is 14.4 Å². The highest BCUT2D eigenvalue weighted by Crippen LogP contribution is 2.33. The molecule has 2 aromatic rings. The number of H-pyrrole nitrogens is 1. The lowest BCUT2D eigenvalue weighted by Gasteiger charge is -2.25. The first-order valence-electron chi connectivity index (χ1n) is 9.32. The van der Waals surface area contributed by atoms with Crippen molar-refractivity contribution in [1.29, 1.82) is 0 Å². The van der Waals surface area contributed by atoms with E-state index in [1.54, 1.807) is 0 Å². The summed E-state index contributed by atoms with van der Waals surface area (Å²) in [4.78, 5) is 42.4. The molecule has 6 heteroatoms. The van der Waals surface area contributed by atoms with Crippen LogP contribution in [0.2, 0.25) is 0 Å². The highest BCUT2D eigenvalue weighted by molar-refractivity contribution is 6.21. The molecule has 0 saturated carbocycles. The van der Waals surface area contributed by atoms with Crippen molar-refractivity contribution in [3.05, 3.63) is 30.0 Å². The maximum Gasteiger partial charge on any atom is 0.256 e. The largest absolute Gasteiger partial charge is 0.357 e. The Morgan fingerprint density at radius 2 is 2.00 bits per heavy atom. The SMILES string of the molecule is CCCCC(=O)N(C(=O)[C@@H]1CCC(=O)N1)c1c(CC)[nH]c2ccccc12. The van der Waals surface area contributed by atoms with Crippen molar-refractivity contribution in [3.8, 4) is 0 Å². The summed E-state index contributed by atoms with van der Waals surface area (Å²) in [7, 11) is 0. The van der Waals surface area contributed by atoms with E-state index in [-0.39, 0.29) is 17.7 Å². The Bertz CT molecular complexity index is 840. The number of carbonyl (C=O) groups excluding carboxylic acids is 3. The summed E-state index contributed by atoms with van der Waals surface area (Å²) in [6.45, 7) is 4.00. The maximum absolute atomic E-state index is 13.2. The monoisotopic (exact) mass is 355 g/mol. The number of unbranched alkanes of at least 4 members (excludes halogenated alkanes) is 1. The van der Waals surface area contributed by atoms with Crippen LogP contribution in [0.5, 0.6) is 0 Å². The molecule has 1 saturated heterocycles. The Hall–Kier alpha value is -2.63. The fraction of sp³-hybridized carbons (Fsp3) is 0.450. The van der Waals surface area contributed by atoms with Gasteiger partial charge in [-0.15, -0.1) is 0 Å². The Balaban J connectivity index is 2.07. The minimum Gasteiger partial charge on any atom is -0.357 e. The topological polar surface area (TPSA) is 82.3 Å². The molecule has 0 spiro atoms. The van der Waals surface area contributed by atoms with Gasteiger partial charge in [-0.05, 0) is 25.3 Å². The molecular formula is C20H25N3O3. The number of aryl methyl sites for hydroxylation is 1. The molecule has 1 aromatic carbocycles. The van der Waals surface area contributed by atoms with Crippen molar-refractivity contribution >= 4 is 34.3 Å². The van der Waals surface area contributed by atoms with Gasteiger partial charge in [-0.25, -0.2) is 4.90 Å². The minimum atomic E-state index is -0.633. The van der Waals surface area contributed by atoms with Gasteiger partial charge in [0.25, 0.3) is 5.91 Å². The fourth-order valence-corrected chi connectivity index (χ4v) is 3.45. The van der Waals surface area contributed by atoms with Gasteiger partial charge in [0, 0.05) is 29.4 Å². The van der Waals surface area contributed by atoms with Gasteiger partial charge in [0.1, 0.15) is 6.04 Å². The van der Waals surface area contributed by atoms with Crippen LogP contribution in [0.15, 0.2) is 24.3 Å². The molecule has 2 N–H and O–H groups in total. The van der Waals surface area contributed by atoms with E-state index in [4.69, 9.17) is 0 Å². The smallest absolute Gasteiger partial charge is 0.256 e. The molecule has 0 unspecified atom stereocenters. The molecule has 1 aromatic heterocycles. The van der Waals surface area contributed by atoms with Gasteiger partial charge < -0.3 is 10.3 Å². The Kier molecular flexibility index (Phi) is 5.40. The van der Waals surface area contributed by atoms with E-state index in [1.807, 2.05) is 38.1 Å². The third-order valence-corrected chi connectivity index (χ3v) is 4.84. The van der Waals surface area contributed by atoms with Crippen LogP contribution in [0.1, 0.15) is 51.6 Å². The number of aromatic nitrogens is 1. The van der Waals surface area contributed by atoms with Crippen molar-refractivity contribution in [3.63, 3.8) is 0 Å². The molecule has 0 aliphatic carbocycles. The normalized spacial score (nSPS) is 16.7. The third kappa shape index (κ3) is 3.36. The number of benzene rings is 1. The molecule has 3 rings (SSSR count). The Labute approximate surface area is 152 Å². The lowest BCUT2D eigenvalue weighted by molar-refractivity contribution is -0.129. The van der Waals surface area contributed by atoms with Gasteiger partial charge >= 0.3 is 0 Å². The Morgan fingerprint density at radius 1 is 1.23 bits per heavy atom. The molecule has 3 amide bonds. The van der Waals surface area contributed by atoms with Crippen molar-refractivity contribution in [1.82, 2.24) is 10.3 Å². The van der Waals surface area contributed by atoms with Gasteiger partial charge in [-0.3, -0.25) is 14.4 Å². The highest BCUT2D eigenvalue weighted by Gasteiger charge is 2.36. The van der Waals surface area contributed by atoms with E-state index < -0.39 is 6.04 Å². The molecule has 2 heterocycles. The Morgan fingerprint density at radius 3 is 2.65 bits per heavy atom. The number of carbonyl (C=O) groups is 3. The van der Waals surface area contributed by atoms with Crippen molar-refractivity contribution in [2.75, 3.05) is 4.90 Å². The minimum absolute atomic E-state index is 0.140. The molecule has 0 bridgehead atoms. The van der Waals surface area contributed by atoms with Crippen LogP contribution in [-0.4, -0.2) is 28.7 Å². The number of rotatable bonds is 6. The van der Waals surface area contributed by atoms with Gasteiger partial charge in [0.2, 0.25) is 11.8 Å². The van der Waals surface area contributed by atoms with Gasteiger partial charge in [0.15, 0.2) is 0 Å². The lowest BCUT2D eigenvalue weighted by atomic mass is 10.1. The summed E-state index contributed by atoms with van der Waals surface area (Å²) >= 11 is 0. The quantitative estimate of drug-likeness (QED) is 0.835. The van der Waals surface area contributed by atoms with Crippen molar-refractivity contribution in [2.45, 2.75) is 58.4 Å². The number of para-hydroxylation sites is 1. The van der Waals surface area contributed by atoms with E-state index in [0.29, 0.717) is 31.4 Å². The molecule has 1 aliphatic rings. The van der Waals surface area contributed by atoms with E-state index in [0.717, 1.165) is 29.4 Å². The number of nitrogens with one attached hydrogen (secondary N) is 2. The molecule has 6 nitrogen and oxygen atoms in total. The zero-order valence-corrected chi connectivity index (χ0v) is 15.3. The standard InChI is InChI=1S/C20H25N3O3/c1-3-5-10-18(25)23(20(26)16-11-12-17(24)22-16)19-13-8-6-7-9-15(13)21-14(19)4-2/h6-9,16,21H,3-5,10-12H2,1-2H3,(H,22,24)/t16-/m0/s1. The van der Waals surface area contributed by atoms with Crippen LogP contribution in [0.4, 0.5) is 5.69 Å². The summed E-state index contributed by atoms with van der Waals surface area (Å²) in [5.41, 5.74) is 2.39. The number of hydrogen-bond acceptors (Lipinski definition) is 3. The van der Waals surface area contributed by atoms with Crippen molar-refractivity contribution in [2.24, 2.45) is 0 Å². The van der Waals surface area contributed by atoms with E-state index in [1.165, 1.54) is 4.90 Å². The number of anilines is 1. The summed E-state index contributed by atoms with van der Waals surface area (Å²) in [5.74, 6) is -0.687. The second-order valence-corrected chi connectivity index (χ2v) is 6.68. The van der Waals surface area contributed by atoms with E-state index in [9.17, 15) is 14.4 Å². The molecule has 26 heavy (non-hydrogen) atoms. The number of amides is 3.